The highest BCUT2D eigenvalue weighted by molar-refractivity contribution is 7.17. The molecule has 1 aliphatic rings. The Bertz CT molecular complexity index is 979. The zero-order valence-corrected chi connectivity index (χ0v) is 16.2. The maximum atomic E-state index is 12.6. The Labute approximate surface area is 163 Å². The standard InChI is InChI=1S/C22H21N3OS/c1-14(18-13-19(18)16-9-5-3-6-10-16)24-25-21(26)20-15(2)23-22(27-20)17-11-7-4-8-12-17/h3-12,18-19H,13H2,1-2H3,(H,25,26). The van der Waals surface area contributed by atoms with Crippen molar-refractivity contribution in [3.63, 3.8) is 0 Å². The van der Waals surface area contributed by atoms with E-state index in [0.29, 0.717) is 16.7 Å². The summed E-state index contributed by atoms with van der Waals surface area (Å²) in [6.45, 7) is 3.85. The van der Waals surface area contributed by atoms with Crippen LogP contribution in [0.1, 0.15) is 40.2 Å². The van der Waals surface area contributed by atoms with E-state index in [1.165, 1.54) is 16.9 Å². The lowest BCUT2D eigenvalue weighted by Crippen LogP contribution is -2.19. The first-order valence-corrected chi connectivity index (χ1v) is 9.87. The fourth-order valence-corrected chi connectivity index (χ4v) is 4.27. The van der Waals surface area contributed by atoms with E-state index < -0.39 is 0 Å². The van der Waals surface area contributed by atoms with Crippen LogP contribution in [-0.2, 0) is 0 Å². The van der Waals surface area contributed by atoms with Gasteiger partial charge < -0.3 is 0 Å². The largest absolute Gasteiger partial charge is 0.283 e. The van der Waals surface area contributed by atoms with E-state index in [1.54, 1.807) is 0 Å². The van der Waals surface area contributed by atoms with Crippen molar-refractivity contribution in [2.45, 2.75) is 26.2 Å². The summed E-state index contributed by atoms with van der Waals surface area (Å²) in [7, 11) is 0. The van der Waals surface area contributed by atoms with Crippen LogP contribution >= 0.6 is 11.3 Å². The second-order valence-electron chi connectivity index (χ2n) is 6.85. The summed E-state index contributed by atoms with van der Waals surface area (Å²) < 4.78 is 0. The van der Waals surface area contributed by atoms with Crippen LogP contribution in [0.5, 0.6) is 0 Å². The second kappa shape index (κ2) is 7.45. The minimum absolute atomic E-state index is 0.191. The molecule has 136 valence electrons. The number of aryl methyl sites for hydroxylation is 1. The third-order valence-electron chi connectivity index (χ3n) is 4.91. The fourth-order valence-electron chi connectivity index (χ4n) is 3.31. The van der Waals surface area contributed by atoms with E-state index in [9.17, 15) is 4.79 Å². The summed E-state index contributed by atoms with van der Waals surface area (Å²) in [4.78, 5) is 17.7. The number of nitrogens with one attached hydrogen (secondary N) is 1. The van der Waals surface area contributed by atoms with Gasteiger partial charge >= 0.3 is 0 Å². The van der Waals surface area contributed by atoms with Gasteiger partial charge in [-0.1, -0.05) is 60.7 Å². The van der Waals surface area contributed by atoms with Crippen molar-refractivity contribution in [1.82, 2.24) is 10.4 Å². The average molecular weight is 375 g/mol. The molecule has 0 saturated heterocycles. The predicted molar refractivity (Wildman–Crippen MR) is 110 cm³/mol. The van der Waals surface area contributed by atoms with Crippen molar-refractivity contribution >= 4 is 23.0 Å². The fraction of sp³-hybridized carbons (Fsp3) is 0.227. The number of nitrogens with zero attached hydrogens (tertiary/aromatic N) is 2. The number of thiazole rings is 1. The van der Waals surface area contributed by atoms with Crippen molar-refractivity contribution in [3.05, 3.63) is 76.8 Å². The number of benzene rings is 2. The Morgan fingerprint density at radius 3 is 2.48 bits per heavy atom. The zero-order valence-electron chi connectivity index (χ0n) is 15.3. The molecule has 27 heavy (non-hydrogen) atoms. The molecule has 1 saturated carbocycles. The van der Waals surface area contributed by atoms with Gasteiger partial charge in [0.05, 0.1) is 5.69 Å². The minimum Gasteiger partial charge on any atom is -0.266 e. The van der Waals surface area contributed by atoms with Crippen LogP contribution in [0.15, 0.2) is 65.8 Å². The third kappa shape index (κ3) is 3.83. The topological polar surface area (TPSA) is 54.4 Å². The molecule has 3 aromatic rings. The van der Waals surface area contributed by atoms with E-state index in [1.807, 2.05) is 50.2 Å². The summed E-state index contributed by atoms with van der Waals surface area (Å²) in [5.41, 5.74) is 6.79. The molecule has 4 nitrogen and oxygen atoms in total. The van der Waals surface area contributed by atoms with E-state index in [0.717, 1.165) is 28.4 Å². The molecule has 0 radical (unpaired) electrons. The van der Waals surface area contributed by atoms with E-state index >= 15 is 0 Å². The number of hydrogen-bond donors (Lipinski definition) is 1. The summed E-state index contributed by atoms with van der Waals surface area (Å²) in [6, 6.07) is 20.4. The molecule has 4 rings (SSSR count). The maximum absolute atomic E-state index is 12.6. The number of aromatic nitrogens is 1. The second-order valence-corrected chi connectivity index (χ2v) is 7.85. The first kappa shape index (κ1) is 17.6. The number of rotatable bonds is 5. The molecular weight excluding hydrogens is 354 g/mol. The van der Waals surface area contributed by atoms with E-state index in [4.69, 9.17) is 0 Å². The van der Waals surface area contributed by atoms with Crippen molar-refractivity contribution in [2.24, 2.45) is 11.0 Å². The highest BCUT2D eigenvalue weighted by Gasteiger charge is 2.40. The molecule has 2 atom stereocenters. The van der Waals surface area contributed by atoms with Crippen molar-refractivity contribution in [3.8, 4) is 10.6 Å². The lowest BCUT2D eigenvalue weighted by molar-refractivity contribution is 0.0958. The summed E-state index contributed by atoms with van der Waals surface area (Å²) in [5, 5.41) is 5.21. The van der Waals surface area contributed by atoms with Crippen molar-refractivity contribution < 1.29 is 4.79 Å². The monoisotopic (exact) mass is 375 g/mol. The van der Waals surface area contributed by atoms with Gasteiger partial charge in [0, 0.05) is 17.2 Å². The van der Waals surface area contributed by atoms with Gasteiger partial charge in [-0.2, -0.15) is 5.10 Å². The minimum atomic E-state index is -0.191. The summed E-state index contributed by atoms with van der Waals surface area (Å²) >= 11 is 1.40. The zero-order chi connectivity index (χ0) is 18.8. The third-order valence-corrected chi connectivity index (χ3v) is 6.12. The van der Waals surface area contributed by atoms with E-state index in [-0.39, 0.29) is 5.91 Å². The molecule has 1 amide bonds. The molecular formula is C22H21N3OS. The van der Waals surface area contributed by atoms with Gasteiger partial charge in [-0.25, -0.2) is 10.4 Å². The Kier molecular flexibility index (Phi) is 4.86. The molecule has 1 heterocycles. The molecule has 1 aromatic heterocycles. The molecule has 1 N–H and O–H groups in total. The predicted octanol–water partition coefficient (Wildman–Crippen LogP) is 5.03. The molecule has 0 aliphatic heterocycles. The van der Waals surface area contributed by atoms with Crippen molar-refractivity contribution in [1.29, 1.82) is 0 Å². The van der Waals surface area contributed by atoms with Crippen LogP contribution in [-0.4, -0.2) is 16.6 Å². The van der Waals surface area contributed by atoms with Gasteiger partial charge in [0.1, 0.15) is 9.88 Å². The molecule has 1 aliphatic carbocycles. The van der Waals surface area contributed by atoms with Gasteiger partial charge in [-0.3, -0.25) is 4.79 Å². The van der Waals surface area contributed by atoms with E-state index in [2.05, 4.69) is 39.8 Å². The summed E-state index contributed by atoms with van der Waals surface area (Å²) in [6.07, 6.45) is 1.09. The van der Waals surface area contributed by atoms with Crippen LogP contribution in [0.4, 0.5) is 0 Å². The maximum Gasteiger partial charge on any atom is 0.283 e. The molecule has 2 unspecified atom stereocenters. The van der Waals surface area contributed by atoms with Crippen LogP contribution < -0.4 is 5.43 Å². The lowest BCUT2D eigenvalue weighted by atomic mass is 10.1. The van der Waals surface area contributed by atoms with Crippen LogP contribution in [0.2, 0.25) is 0 Å². The number of hydrogen-bond acceptors (Lipinski definition) is 4. The smallest absolute Gasteiger partial charge is 0.266 e. The van der Waals surface area contributed by atoms with Crippen molar-refractivity contribution in [2.75, 3.05) is 0 Å². The summed E-state index contributed by atoms with van der Waals surface area (Å²) in [5.74, 6) is 0.736. The molecule has 2 aromatic carbocycles. The Morgan fingerprint density at radius 1 is 1.11 bits per heavy atom. The first-order chi connectivity index (χ1) is 13.1. The van der Waals surface area contributed by atoms with Gasteiger partial charge in [0.2, 0.25) is 0 Å². The van der Waals surface area contributed by atoms with Crippen LogP contribution in [0, 0.1) is 12.8 Å². The number of hydrazone groups is 1. The highest BCUT2D eigenvalue weighted by atomic mass is 32.1. The average Bonchev–Trinajstić information content (AvgIpc) is 3.42. The molecule has 0 spiro atoms. The molecule has 0 bridgehead atoms. The lowest BCUT2D eigenvalue weighted by Gasteiger charge is -2.02. The highest BCUT2D eigenvalue weighted by Crippen LogP contribution is 2.48. The Morgan fingerprint density at radius 2 is 1.78 bits per heavy atom. The first-order valence-electron chi connectivity index (χ1n) is 9.06. The molecule has 1 fully saturated rings. The number of amides is 1. The Hall–Kier alpha value is -2.79. The van der Waals surface area contributed by atoms with Crippen LogP contribution in [0.3, 0.4) is 0 Å². The van der Waals surface area contributed by atoms with Gasteiger partial charge in [0.25, 0.3) is 5.91 Å². The number of carbonyl (C=O) groups is 1. The van der Waals surface area contributed by atoms with Gasteiger partial charge in [0.15, 0.2) is 0 Å². The quantitative estimate of drug-likeness (QED) is 0.502. The molecule has 5 heteroatoms. The number of carbonyl (C=O) groups excluding carboxylic acids is 1. The van der Waals surface area contributed by atoms with Gasteiger partial charge in [-0.15, -0.1) is 11.3 Å². The van der Waals surface area contributed by atoms with Gasteiger partial charge in [-0.05, 0) is 31.7 Å². The SMILES string of the molecule is CC(=NNC(=O)c1sc(-c2ccccc2)nc1C)C1CC1c1ccccc1. The van der Waals surface area contributed by atoms with Crippen LogP contribution in [0.25, 0.3) is 10.6 Å². The Balaban J connectivity index is 1.43. The normalized spacial score (nSPS) is 19.0.